The summed E-state index contributed by atoms with van der Waals surface area (Å²) in [5.41, 5.74) is 16.2. The van der Waals surface area contributed by atoms with Crippen molar-refractivity contribution in [3.8, 4) is 0 Å². The van der Waals surface area contributed by atoms with Gasteiger partial charge < -0.3 is 11.5 Å². The smallest absolute Gasteiger partial charge is 0.281 e. The first kappa shape index (κ1) is 22.5. The van der Waals surface area contributed by atoms with Gasteiger partial charge >= 0.3 is 0 Å². The minimum Gasteiger partial charge on any atom is -0.369 e. The fourth-order valence-electron chi connectivity index (χ4n) is 3.71. The number of nitrogens with zero attached hydrogens (tertiary/aromatic N) is 3. The maximum Gasteiger partial charge on any atom is 0.281 e. The summed E-state index contributed by atoms with van der Waals surface area (Å²) in [5, 5.41) is 5.49. The zero-order chi connectivity index (χ0) is 21.0. The average molecular weight is 490 g/mol. The van der Waals surface area contributed by atoms with Gasteiger partial charge in [-0.2, -0.15) is 8.42 Å². The number of rotatable bonds is 5. The van der Waals surface area contributed by atoms with Crippen LogP contribution in [0.3, 0.4) is 0 Å². The van der Waals surface area contributed by atoms with Gasteiger partial charge in [-0.15, -0.1) is 28.8 Å². The molecule has 9 nitrogen and oxygen atoms in total. The number of hydrazone groups is 1. The molecule has 30 heavy (non-hydrogen) atoms. The lowest BCUT2D eigenvalue weighted by molar-refractivity contribution is 0.434. The number of guanidine groups is 1. The minimum absolute atomic E-state index is 0. The van der Waals surface area contributed by atoms with Crippen molar-refractivity contribution < 1.29 is 8.42 Å². The van der Waals surface area contributed by atoms with E-state index in [4.69, 9.17) is 23.1 Å². The summed E-state index contributed by atoms with van der Waals surface area (Å²) >= 11 is 7.39. The molecule has 6 N–H and O–H groups in total. The number of benzene rings is 1. The molecule has 1 aliphatic rings. The van der Waals surface area contributed by atoms with Crippen LogP contribution in [0.2, 0.25) is 5.15 Å². The van der Waals surface area contributed by atoms with Gasteiger partial charge in [0.2, 0.25) is 5.96 Å². The number of sulfonamides is 1. The molecule has 2 aromatic heterocycles. The molecule has 0 saturated heterocycles. The van der Waals surface area contributed by atoms with Gasteiger partial charge in [0.05, 0.1) is 6.04 Å². The fraction of sp³-hybridized carbons (Fsp3) is 0.294. The molecule has 0 bridgehead atoms. The summed E-state index contributed by atoms with van der Waals surface area (Å²) < 4.78 is 30.1. The van der Waals surface area contributed by atoms with E-state index in [2.05, 4.69) is 34.1 Å². The van der Waals surface area contributed by atoms with Gasteiger partial charge in [-0.05, 0) is 35.1 Å². The summed E-state index contributed by atoms with van der Waals surface area (Å²) in [6.45, 7) is 4.23. The average Bonchev–Trinajstić information content (AvgIpc) is 3.23. The van der Waals surface area contributed by atoms with Crippen molar-refractivity contribution in [2.75, 3.05) is 4.72 Å². The molecule has 0 aliphatic heterocycles. The van der Waals surface area contributed by atoms with Gasteiger partial charge in [0.1, 0.15) is 0 Å². The molecule has 1 atom stereocenters. The van der Waals surface area contributed by atoms with Crippen LogP contribution >= 0.6 is 35.3 Å². The molecule has 4 rings (SSSR count). The van der Waals surface area contributed by atoms with Crippen molar-refractivity contribution in [3.63, 3.8) is 0 Å². The number of hydrogen-bond acceptors (Lipinski definition) is 6. The van der Waals surface area contributed by atoms with E-state index in [0.29, 0.717) is 10.6 Å². The van der Waals surface area contributed by atoms with Crippen molar-refractivity contribution >= 4 is 62.0 Å². The lowest BCUT2D eigenvalue weighted by Gasteiger charge is -2.19. The first-order valence-electron chi connectivity index (χ1n) is 8.71. The van der Waals surface area contributed by atoms with Crippen molar-refractivity contribution in [1.29, 1.82) is 0 Å². The molecule has 1 aromatic carbocycles. The normalized spacial score (nSPS) is 17.2. The molecule has 162 valence electrons. The van der Waals surface area contributed by atoms with Crippen molar-refractivity contribution in [2.24, 2.45) is 16.6 Å². The van der Waals surface area contributed by atoms with Crippen LogP contribution in [0.4, 0.5) is 5.69 Å². The number of anilines is 1. The molecule has 0 radical (unpaired) electrons. The van der Waals surface area contributed by atoms with Crippen LogP contribution in [-0.4, -0.2) is 23.8 Å². The lowest BCUT2D eigenvalue weighted by atomic mass is 9.86. The highest BCUT2D eigenvalue weighted by Crippen LogP contribution is 2.45. The number of thiazole rings is 1. The number of nitrogens with two attached hydrogens (primary N) is 2. The molecule has 1 aliphatic carbocycles. The third kappa shape index (κ3) is 3.89. The highest BCUT2D eigenvalue weighted by molar-refractivity contribution is 7.92. The maximum absolute atomic E-state index is 13.0. The van der Waals surface area contributed by atoms with Gasteiger partial charge in [0.25, 0.3) is 10.0 Å². The Balaban J connectivity index is 0.00000256. The topological polar surface area (TPSA) is 140 Å². The number of hydrogen-bond donors (Lipinski definition) is 4. The van der Waals surface area contributed by atoms with Gasteiger partial charge in [0.15, 0.2) is 15.1 Å². The lowest BCUT2D eigenvalue weighted by Crippen LogP contribution is -2.28. The van der Waals surface area contributed by atoms with Gasteiger partial charge in [-0.1, -0.05) is 31.5 Å². The van der Waals surface area contributed by atoms with E-state index in [0.717, 1.165) is 17.5 Å². The largest absolute Gasteiger partial charge is 0.369 e. The van der Waals surface area contributed by atoms with Gasteiger partial charge in [0, 0.05) is 17.3 Å². The summed E-state index contributed by atoms with van der Waals surface area (Å²) in [5.74, 6) is -0.0664. The zero-order valence-electron chi connectivity index (χ0n) is 16.1. The van der Waals surface area contributed by atoms with Crippen molar-refractivity contribution in [3.05, 3.63) is 46.1 Å². The summed E-state index contributed by atoms with van der Waals surface area (Å²) in [6.07, 6.45) is 2.38. The Kier molecular flexibility index (Phi) is 5.84. The predicted octanol–water partition coefficient (Wildman–Crippen LogP) is 2.77. The van der Waals surface area contributed by atoms with Crippen molar-refractivity contribution in [1.82, 2.24) is 14.8 Å². The van der Waals surface area contributed by atoms with Gasteiger partial charge in [-0.25, -0.2) is 4.98 Å². The monoisotopic (exact) mass is 489 g/mol. The molecule has 1 unspecified atom stereocenters. The third-order valence-electron chi connectivity index (χ3n) is 4.91. The highest BCUT2D eigenvalue weighted by atomic mass is 35.5. The molecule has 13 heteroatoms. The molecule has 0 spiro atoms. The van der Waals surface area contributed by atoms with Crippen LogP contribution in [0.25, 0.3) is 4.96 Å². The Bertz CT molecular complexity index is 1230. The Hall–Kier alpha value is -2.21. The van der Waals surface area contributed by atoms with E-state index in [9.17, 15) is 8.42 Å². The maximum atomic E-state index is 13.0. The highest BCUT2D eigenvalue weighted by Gasteiger charge is 2.37. The second-order valence-electron chi connectivity index (χ2n) is 7.48. The molecule has 2 heterocycles. The van der Waals surface area contributed by atoms with Crippen LogP contribution in [0.5, 0.6) is 0 Å². The zero-order valence-corrected chi connectivity index (χ0v) is 19.3. The predicted molar refractivity (Wildman–Crippen MR) is 122 cm³/mol. The van der Waals surface area contributed by atoms with Crippen LogP contribution < -0.4 is 21.6 Å². The van der Waals surface area contributed by atoms with Crippen LogP contribution in [0.15, 0.2) is 39.9 Å². The number of fused-ring (bicyclic) bond motifs is 2. The quantitative estimate of drug-likeness (QED) is 0.246. The Labute approximate surface area is 189 Å². The molecule has 0 saturated carbocycles. The number of nitrogens with one attached hydrogen (secondary N) is 2. The minimum atomic E-state index is -3.95. The molecular weight excluding hydrogens is 469 g/mol. The molecule has 0 fully saturated rings. The second-order valence-corrected chi connectivity index (χ2v) is 10.3. The van der Waals surface area contributed by atoms with E-state index < -0.39 is 10.0 Å². The molecular formula is C17H21Cl2N7O2S2. The SMILES string of the molecule is CC1(C)CC(NN=C(N)N)c2cc(NS(=O)(=O)c3c(Cl)nc4sccn34)ccc21.Cl. The molecule has 0 amide bonds. The number of aromatic nitrogens is 2. The standard InChI is InChI=1S/C17H20ClN7O2S2.ClH/c1-17(2)8-12(22-23-15(19)20)10-7-9(3-4-11(10)17)24-29(26,27)14-13(18)21-16-25(14)5-6-28-16;/h3-7,12,22,24H,8H2,1-2H3,(H4,19,20,23);1H. The summed E-state index contributed by atoms with van der Waals surface area (Å²) in [4.78, 5) is 4.60. The van der Waals surface area contributed by atoms with E-state index in [1.54, 1.807) is 23.7 Å². The van der Waals surface area contributed by atoms with E-state index in [-0.39, 0.29) is 40.0 Å². The second kappa shape index (κ2) is 7.80. The van der Waals surface area contributed by atoms with Crippen LogP contribution in [0, 0.1) is 0 Å². The first-order valence-corrected chi connectivity index (χ1v) is 11.4. The van der Waals surface area contributed by atoms with Crippen LogP contribution in [-0.2, 0) is 15.4 Å². The first-order chi connectivity index (χ1) is 13.6. The van der Waals surface area contributed by atoms with Crippen molar-refractivity contribution in [2.45, 2.75) is 36.8 Å². The van der Waals surface area contributed by atoms with Crippen LogP contribution in [0.1, 0.15) is 37.4 Å². The third-order valence-corrected chi connectivity index (χ3v) is 7.44. The fourth-order valence-corrected chi connectivity index (χ4v) is 6.22. The van der Waals surface area contributed by atoms with E-state index in [1.165, 1.54) is 15.7 Å². The van der Waals surface area contributed by atoms with Gasteiger partial charge in [-0.3, -0.25) is 14.5 Å². The Morgan fingerprint density at radius 2 is 2.13 bits per heavy atom. The Morgan fingerprint density at radius 3 is 2.83 bits per heavy atom. The molecule has 3 aromatic rings. The van der Waals surface area contributed by atoms with E-state index >= 15 is 0 Å². The Morgan fingerprint density at radius 1 is 1.40 bits per heavy atom. The summed E-state index contributed by atoms with van der Waals surface area (Å²) in [7, 11) is -3.95. The number of imidazole rings is 1. The summed E-state index contributed by atoms with van der Waals surface area (Å²) in [6, 6.07) is 5.30. The number of halogens is 2. The van der Waals surface area contributed by atoms with E-state index in [1.807, 2.05) is 6.07 Å².